The minimum atomic E-state index is -2.04. The number of methoxy groups -OCH3 is 1. The first-order valence-corrected chi connectivity index (χ1v) is 22.0. The highest BCUT2D eigenvalue weighted by molar-refractivity contribution is 6.74. The van der Waals surface area contributed by atoms with Crippen molar-refractivity contribution >= 4 is 22.9 Å². The quantitative estimate of drug-likeness (QED) is 0.120. The van der Waals surface area contributed by atoms with Crippen LogP contribution in [-0.4, -0.2) is 48.8 Å². The molecular formula is C35H66O5Si2. The van der Waals surface area contributed by atoms with Crippen molar-refractivity contribution in [3.8, 4) is 5.75 Å². The molecule has 0 aliphatic heterocycles. The topological polar surface area (TPSA) is 54.0 Å². The normalized spacial score (nSPS) is 17.7. The first kappa shape index (κ1) is 39.0. The van der Waals surface area contributed by atoms with E-state index in [0.717, 1.165) is 36.9 Å². The van der Waals surface area contributed by atoms with E-state index in [4.69, 9.17) is 18.3 Å². The molecule has 1 aromatic carbocycles. The van der Waals surface area contributed by atoms with E-state index in [2.05, 4.69) is 101 Å². The third-order valence-corrected chi connectivity index (χ3v) is 19.0. The summed E-state index contributed by atoms with van der Waals surface area (Å²) in [5.41, 5.74) is 1.13. The Kier molecular flexibility index (Phi) is 15.2. The molecule has 6 atom stereocenters. The van der Waals surface area contributed by atoms with E-state index >= 15 is 0 Å². The van der Waals surface area contributed by atoms with Gasteiger partial charge in [-0.3, -0.25) is 0 Å². The molecule has 42 heavy (non-hydrogen) atoms. The van der Waals surface area contributed by atoms with Gasteiger partial charge in [0.15, 0.2) is 16.6 Å². The summed E-state index contributed by atoms with van der Waals surface area (Å²) in [6, 6.07) is 8.14. The zero-order chi connectivity index (χ0) is 32.5. The number of rotatable bonds is 18. The molecular weight excluding hydrogens is 557 g/mol. The first-order valence-electron chi connectivity index (χ1n) is 16.2. The van der Waals surface area contributed by atoms with Crippen molar-refractivity contribution in [2.45, 2.75) is 144 Å². The molecule has 0 saturated heterocycles. The Morgan fingerprint density at radius 2 is 1.38 bits per heavy atom. The fraction of sp³-hybridized carbons (Fsp3) is 0.800. The SMILES string of the molecule is COc1ccc(CO[C@H]([C@@H](C)[C@@H](CC[C@H](C)C[C@H](C)C=O)O[Si](C)(C)C(C)(C)C)[C@@H](C)CO[Si](C)(C)C(C)(C)C)cc1. The van der Waals surface area contributed by atoms with E-state index in [0.29, 0.717) is 19.1 Å². The number of carbonyl (C=O) groups excluding carboxylic acids is 1. The lowest BCUT2D eigenvalue weighted by molar-refractivity contribution is -0.111. The second kappa shape index (κ2) is 16.4. The number of hydrogen-bond acceptors (Lipinski definition) is 5. The van der Waals surface area contributed by atoms with Crippen molar-refractivity contribution in [3.05, 3.63) is 29.8 Å². The van der Waals surface area contributed by atoms with Crippen LogP contribution in [0.1, 0.15) is 94.1 Å². The van der Waals surface area contributed by atoms with E-state index in [1.807, 2.05) is 19.1 Å². The second-order valence-electron chi connectivity index (χ2n) is 16.0. The van der Waals surface area contributed by atoms with Gasteiger partial charge in [0.25, 0.3) is 0 Å². The van der Waals surface area contributed by atoms with Gasteiger partial charge < -0.3 is 23.1 Å². The zero-order valence-corrected chi connectivity index (χ0v) is 31.9. The molecule has 0 saturated carbocycles. The molecule has 0 radical (unpaired) electrons. The average Bonchev–Trinajstić information content (AvgIpc) is 2.88. The van der Waals surface area contributed by atoms with Crippen LogP contribution in [0.3, 0.4) is 0 Å². The molecule has 0 aromatic heterocycles. The molecule has 0 aliphatic rings. The van der Waals surface area contributed by atoms with E-state index in [9.17, 15) is 4.79 Å². The van der Waals surface area contributed by atoms with Crippen molar-refractivity contribution in [1.82, 2.24) is 0 Å². The minimum Gasteiger partial charge on any atom is -0.497 e. The van der Waals surface area contributed by atoms with Crippen LogP contribution in [0, 0.1) is 23.7 Å². The van der Waals surface area contributed by atoms with Gasteiger partial charge in [0.05, 0.1) is 25.9 Å². The van der Waals surface area contributed by atoms with Crippen LogP contribution in [0.15, 0.2) is 24.3 Å². The van der Waals surface area contributed by atoms with Crippen LogP contribution in [0.2, 0.25) is 36.3 Å². The molecule has 244 valence electrons. The summed E-state index contributed by atoms with van der Waals surface area (Å²) in [6.45, 7) is 33.2. The minimum absolute atomic E-state index is 0.0316. The average molecular weight is 623 g/mol. The lowest BCUT2D eigenvalue weighted by Crippen LogP contribution is -2.49. The van der Waals surface area contributed by atoms with Crippen LogP contribution >= 0.6 is 0 Å². The highest BCUT2D eigenvalue weighted by atomic mass is 28.4. The van der Waals surface area contributed by atoms with E-state index < -0.39 is 16.6 Å². The standard InChI is InChI=1S/C35H66O5Si2/c1-26(22-27(2)23-36)16-21-32(40-42(14,15)35(8,9)10)29(4)33(28(3)24-39-41(12,13)34(5,6)7)38-25-30-17-19-31(37-11)20-18-30/h17-20,23,26-29,32-33H,16,21-22,24-25H2,1-15H3/t26-,27-,28-,29-,32+,33-/m0/s1. The molecule has 0 amide bonds. The summed E-state index contributed by atoms with van der Waals surface area (Å²) >= 11 is 0. The Hall–Kier alpha value is -0.996. The monoisotopic (exact) mass is 622 g/mol. The van der Waals surface area contributed by atoms with Crippen LogP contribution in [0.4, 0.5) is 0 Å². The van der Waals surface area contributed by atoms with Crippen molar-refractivity contribution in [2.75, 3.05) is 13.7 Å². The number of aldehydes is 1. The Morgan fingerprint density at radius 1 is 0.833 bits per heavy atom. The Bertz CT molecular complexity index is 917. The summed E-state index contributed by atoms with van der Waals surface area (Å²) in [4.78, 5) is 11.3. The van der Waals surface area contributed by atoms with Crippen LogP contribution in [0.5, 0.6) is 5.75 Å². The molecule has 1 rings (SSSR count). The molecule has 1 aromatic rings. The molecule has 0 fully saturated rings. The molecule has 0 aliphatic carbocycles. The van der Waals surface area contributed by atoms with Gasteiger partial charge in [-0.2, -0.15) is 0 Å². The molecule has 5 nitrogen and oxygen atoms in total. The number of carbonyl (C=O) groups is 1. The van der Waals surface area contributed by atoms with Gasteiger partial charge in [0.2, 0.25) is 0 Å². The third kappa shape index (κ3) is 12.2. The molecule has 0 N–H and O–H groups in total. The van der Waals surface area contributed by atoms with Crippen LogP contribution in [-0.2, 0) is 25.0 Å². The van der Waals surface area contributed by atoms with Gasteiger partial charge in [-0.25, -0.2) is 0 Å². The summed E-state index contributed by atoms with van der Waals surface area (Å²) in [7, 11) is -2.26. The van der Waals surface area contributed by atoms with Crippen LogP contribution in [0.25, 0.3) is 0 Å². The predicted molar refractivity (Wildman–Crippen MR) is 183 cm³/mol. The maximum atomic E-state index is 11.3. The Morgan fingerprint density at radius 3 is 1.86 bits per heavy atom. The van der Waals surface area contributed by atoms with Gasteiger partial charge in [-0.15, -0.1) is 0 Å². The maximum Gasteiger partial charge on any atom is 0.192 e. The highest BCUT2D eigenvalue weighted by Gasteiger charge is 2.43. The van der Waals surface area contributed by atoms with Gasteiger partial charge in [0.1, 0.15) is 12.0 Å². The van der Waals surface area contributed by atoms with Crippen molar-refractivity contribution in [2.24, 2.45) is 23.7 Å². The Labute approximate surface area is 262 Å². The van der Waals surface area contributed by atoms with E-state index in [1.54, 1.807) is 7.11 Å². The summed E-state index contributed by atoms with van der Waals surface area (Å²) < 4.78 is 26.1. The fourth-order valence-corrected chi connectivity index (χ4v) is 7.41. The molecule has 7 heteroatoms. The summed E-state index contributed by atoms with van der Waals surface area (Å²) in [5, 5.41) is 0.264. The van der Waals surface area contributed by atoms with Gasteiger partial charge in [-0.05, 0) is 79.1 Å². The van der Waals surface area contributed by atoms with Crippen molar-refractivity contribution in [1.29, 1.82) is 0 Å². The molecule has 0 unspecified atom stereocenters. The molecule has 0 heterocycles. The number of ether oxygens (including phenoxy) is 2. The van der Waals surface area contributed by atoms with E-state index in [-0.39, 0.29) is 40.0 Å². The Balaban J connectivity index is 3.32. The largest absolute Gasteiger partial charge is 0.497 e. The fourth-order valence-electron chi connectivity index (χ4n) is 4.85. The maximum absolute atomic E-state index is 11.3. The lowest BCUT2D eigenvalue weighted by atomic mass is 9.85. The van der Waals surface area contributed by atoms with Gasteiger partial charge in [0, 0.05) is 24.4 Å². The number of hydrogen-bond donors (Lipinski definition) is 0. The van der Waals surface area contributed by atoms with Crippen LogP contribution < -0.4 is 4.74 Å². The zero-order valence-electron chi connectivity index (χ0n) is 29.9. The third-order valence-electron chi connectivity index (χ3n) is 9.98. The van der Waals surface area contributed by atoms with Crippen molar-refractivity contribution in [3.63, 3.8) is 0 Å². The predicted octanol–water partition coefficient (Wildman–Crippen LogP) is 9.91. The van der Waals surface area contributed by atoms with Gasteiger partial charge >= 0.3 is 0 Å². The van der Waals surface area contributed by atoms with Crippen molar-refractivity contribution < 1.29 is 23.1 Å². The number of benzene rings is 1. The highest BCUT2D eigenvalue weighted by Crippen LogP contribution is 2.41. The van der Waals surface area contributed by atoms with Gasteiger partial charge in [-0.1, -0.05) is 81.4 Å². The smallest absolute Gasteiger partial charge is 0.192 e. The lowest BCUT2D eigenvalue weighted by Gasteiger charge is -2.44. The summed E-state index contributed by atoms with van der Waals surface area (Å²) in [6.07, 6.45) is 4.02. The molecule has 0 bridgehead atoms. The molecule has 0 spiro atoms. The summed E-state index contributed by atoms with van der Waals surface area (Å²) in [5.74, 6) is 1.77. The second-order valence-corrected chi connectivity index (χ2v) is 25.5. The first-order chi connectivity index (χ1) is 19.1. The van der Waals surface area contributed by atoms with E-state index in [1.165, 1.54) is 0 Å².